The van der Waals surface area contributed by atoms with Gasteiger partial charge in [0.15, 0.2) is 0 Å². The maximum absolute atomic E-state index is 14.1. The molecular formula is C14H19ClFNO4S. The molecule has 1 aromatic carbocycles. The summed E-state index contributed by atoms with van der Waals surface area (Å²) >= 11 is 5.64. The number of nitrogens with zero attached hydrogens (tertiary/aromatic N) is 1. The molecule has 0 radical (unpaired) electrons. The van der Waals surface area contributed by atoms with Crippen molar-refractivity contribution in [3.63, 3.8) is 0 Å². The van der Waals surface area contributed by atoms with Crippen LogP contribution < -0.4 is 0 Å². The fraction of sp³-hybridized carbons (Fsp3) is 0.500. The van der Waals surface area contributed by atoms with Crippen LogP contribution in [0.1, 0.15) is 38.1 Å². The fourth-order valence-corrected chi connectivity index (χ4v) is 4.07. The number of rotatable bonds is 6. The SMILES string of the molecule is CC(C)CN(C(C)C)S(=O)(=O)c1cc(C(=O)O)c(Cl)cc1F. The number of carboxylic acids is 1. The Labute approximate surface area is 134 Å². The highest BCUT2D eigenvalue weighted by molar-refractivity contribution is 7.89. The number of halogens is 2. The first kappa shape index (κ1) is 18.9. The van der Waals surface area contributed by atoms with E-state index in [-0.39, 0.29) is 17.5 Å². The largest absolute Gasteiger partial charge is 0.478 e. The van der Waals surface area contributed by atoms with Gasteiger partial charge in [-0.2, -0.15) is 4.31 Å². The van der Waals surface area contributed by atoms with E-state index >= 15 is 0 Å². The van der Waals surface area contributed by atoms with Gasteiger partial charge in [0.2, 0.25) is 10.0 Å². The van der Waals surface area contributed by atoms with E-state index in [1.807, 2.05) is 13.8 Å². The maximum Gasteiger partial charge on any atom is 0.337 e. The average Bonchev–Trinajstić information content (AvgIpc) is 2.34. The van der Waals surface area contributed by atoms with Crippen molar-refractivity contribution in [2.75, 3.05) is 6.54 Å². The molecule has 0 saturated heterocycles. The van der Waals surface area contributed by atoms with Crippen LogP contribution in [0.15, 0.2) is 17.0 Å². The highest BCUT2D eigenvalue weighted by Gasteiger charge is 2.31. The van der Waals surface area contributed by atoms with Gasteiger partial charge in [-0.25, -0.2) is 17.6 Å². The van der Waals surface area contributed by atoms with Crippen LogP contribution in [0.5, 0.6) is 0 Å². The number of sulfonamides is 1. The van der Waals surface area contributed by atoms with E-state index in [1.54, 1.807) is 13.8 Å². The summed E-state index contributed by atoms with van der Waals surface area (Å²) in [5.74, 6) is -2.45. The number of aromatic carboxylic acids is 1. The first-order valence-electron chi connectivity index (χ1n) is 6.72. The van der Waals surface area contributed by atoms with Crippen molar-refractivity contribution in [1.29, 1.82) is 0 Å². The van der Waals surface area contributed by atoms with Gasteiger partial charge in [-0.3, -0.25) is 0 Å². The van der Waals surface area contributed by atoms with Gasteiger partial charge >= 0.3 is 5.97 Å². The van der Waals surface area contributed by atoms with Crippen LogP contribution >= 0.6 is 11.6 Å². The Morgan fingerprint density at radius 3 is 2.27 bits per heavy atom. The van der Waals surface area contributed by atoms with Crippen molar-refractivity contribution in [2.45, 2.75) is 38.6 Å². The second-order valence-electron chi connectivity index (χ2n) is 5.63. The second kappa shape index (κ2) is 6.93. The maximum atomic E-state index is 14.1. The van der Waals surface area contributed by atoms with E-state index in [0.29, 0.717) is 6.07 Å². The van der Waals surface area contributed by atoms with Gasteiger partial charge in [-0.1, -0.05) is 25.4 Å². The van der Waals surface area contributed by atoms with Crippen LogP contribution in [-0.2, 0) is 10.0 Å². The Bertz CT molecular complexity index is 674. The molecule has 0 aliphatic carbocycles. The van der Waals surface area contributed by atoms with Gasteiger partial charge in [0.1, 0.15) is 10.7 Å². The Balaban J connectivity index is 3.50. The third-order valence-corrected chi connectivity index (χ3v) is 5.33. The zero-order valence-corrected chi connectivity index (χ0v) is 14.4. The zero-order chi connectivity index (χ0) is 17.2. The molecule has 1 rings (SSSR count). The number of benzene rings is 1. The van der Waals surface area contributed by atoms with E-state index in [9.17, 15) is 17.6 Å². The molecule has 0 heterocycles. The van der Waals surface area contributed by atoms with E-state index in [0.717, 1.165) is 10.4 Å². The standard InChI is InChI=1S/C14H19ClFNO4S/c1-8(2)7-17(9(3)4)22(20,21)13-5-10(14(18)19)11(15)6-12(13)16/h5-6,8-9H,7H2,1-4H3,(H,18,19). The molecule has 0 saturated carbocycles. The molecule has 0 unspecified atom stereocenters. The minimum Gasteiger partial charge on any atom is -0.478 e. The summed E-state index contributed by atoms with van der Waals surface area (Å²) in [6.45, 7) is 7.22. The van der Waals surface area contributed by atoms with Gasteiger partial charge < -0.3 is 5.11 Å². The van der Waals surface area contributed by atoms with Crippen LogP contribution in [0.25, 0.3) is 0 Å². The zero-order valence-electron chi connectivity index (χ0n) is 12.8. The van der Waals surface area contributed by atoms with Crippen LogP contribution in [0, 0.1) is 11.7 Å². The minimum atomic E-state index is -4.16. The van der Waals surface area contributed by atoms with Gasteiger partial charge in [-0.15, -0.1) is 0 Å². The molecular weight excluding hydrogens is 333 g/mol. The van der Waals surface area contributed by atoms with Crippen LogP contribution in [0.2, 0.25) is 5.02 Å². The molecule has 0 bridgehead atoms. The third kappa shape index (κ3) is 3.97. The van der Waals surface area contributed by atoms with Gasteiger partial charge in [-0.05, 0) is 31.9 Å². The Morgan fingerprint density at radius 2 is 1.86 bits per heavy atom. The summed E-state index contributed by atoms with van der Waals surface area (Å²) in [5, 5.41) is 8.68. The lowest BCUT2D eigenvalue weighted by molar-refractivity contribution is 0.0696. The summed E-state index contributed by atoms with van der Waals surface area (Å²) in [6.07, 6.45) is 0. The number of hydrogen-bond donors (Lipinski definition) is 1. The smallest absolute Gasteiger partial charge is 0.337 e. The van der Waals surface area contributed by atoms with Gasteiger partial charge in [0.05, 0.1) is 10.6 Å². The van der Waals surface area contributed by atoms with E-state index in [4.69, 9.17) is 16.7 Å². The Hall–Kier alpha value is -1.18. The predicted molar refractivity (Wildman–Crippen MR) is 82.2 cm³/mol. The van der Waals surface area contributed by atoms with Crippen LogP contribution in [0.4, 0.5) is 4.39 Å². The van der Waals surface area contributed by atoms with Crippen molar-refractivity contribution >= 4 is 27.6 Å². The lowest BCUT2D eigenvalue weighted by Crippen LogP contribution is -2.39. The molecule has 0 aromatic heterocycles. The predicted octanol–water partition coefficient (Wildman–Crippen LogP) is 3.23. The molecule has 5 nitrogen and oxygen atoms in total. The van der Waals surface area contributed by atoms with Gasteiger partial charge in [0, 0.05) is 12.6 Å². The number of carboxylic acid groups (broad SMARTS) is 1. The Kier molecular flexibility index (Phi) is 5.95. The number of hydrogen-bond acceptors (Lipinski definition) is 3. The van der Waals surface area contributed by atoms with Crippen LogP contribution in [-0.4, -0.2) is 36.4 Å². The second-order valence-corrected chi connectivity index (χ2v) is 7.90. The molecule has 22 heavy (non-hydrogen) atoms. The first-order valence-corrected chi connectivity index (χ1v) is 8.54. The molecule has 1 aromatic rings. The third-order valence-electron chi connectivity index (χ3n) is 2.96. The van der Waals surface area contributed by atoms with Crippen molar-refractivity contribution < 1.29 is 22.7 Å². The molecule has 1 N–H and O–H groups in total. The molecule has 0 fully saturated rings. The molecule has 0 atom stereocenters. The van der Waals surface area contributed by atoms with Crippen molar-refractivity contribution in [3.05, 3.63) is 28.5 Å². The lowest BCUT2D eigenvalue weighted by Gasteiger charge is -2.27. The topological polar surface area (TPSA) is 74.7 Å². The summed E-state index contributed by atoms with van der Waals surface area (Å²) < 4.78 is 40.5. The minimum absolute atomic E-state index is 0.0338. The van der Waals surface area contributed by atoms with E-state index in [1.165, 1.54) is 0 Å². The summed E-state index contributed by atoms with van der Waals surface area (Å²) in [6, 6.07) is 1.09. The first-order chi connectivity index (χ1) is 9.98. The molecule has 8 heteroatoms. The summed E-state index contributed by atoms with van der Waals surface area (Å²) in [7, 11) is -4.16. The van der Waals surface area contributed by atoms with Crippen molar-refractivity contribution in [2.24, 2.45) is 5.92 Å². The molecule has 0 spiro atoms. The summed E-state index contributed by atoms with van der Waals surface area (Å²) in [5.41, 5.74) is -0.449. The van der Waals surface area contributed by atoms with E-state index < -0.39 is 38.3 Å². The molecule has 0 aliphatic heterocycles. The average molecular weight is 352 g/mol. The quantitative estimate of drug-likeness (QED) is 0.853. The molecule has 0 aliphatic rings. The van der Waals surface area contributed by atoms with E-state index in [2.05, 4.69) is 0 Å². The molecule has 124 valence electrons. The van der Waals surface area contributed by atoms with Crippen LogP contribution in [0.3, 0.4) is 0 Å². The highest BCUT2D eigenvalue weighted by Crippen LogP contribution is 2.27. The Morgan fingerprint density at radius 1 is 1.32 bits per heavy atom. The number of carbonyl (C=O) groups is 1. The summed E-state index contributed by atoms with van der Waals surface area (Å²) in [4.78, 5) is 10.4. The lowest BCUT2D eigenvalue weighted by atomic mass is 10.2. The normalized spacial score (nSPS) is 12.4. The van der Waals surface area contributed by atoms with Crippen molar-refractivity contribution in [1.82, 2.24) is 4.31 Å². The molecule has 0 amide bonds. The highest BCUT2D eigenvalue weighted by atomic mass is 35.5. The monoisotopic (exact) mass is 351 g/mol. The van der Waals surface area contributed by atoms with Crippen molar-refractivity contribution in [3.8, 4) is 0 Å². The van der Waals surface area contributed by atoms with Gasteiger partial charge in [0.25, 0.3) is 0 Å². The fourth-order valence-electron chi connectivity index (χ4n) is 1.96.